The number of hydrogen-bond acceptors (Lipinski definition) is 14. The lowest BCUT2D eigenvalue weighted by atomic mass is 9.44. The summed E-state index contributed by atoms with van der Waals surface area (Å²) >= 11 is 0. The summed E-state index contributed by atoms with van der Waals surface area (Å²) in [7, 11) is 0. The molecule has 1 saturated heterocycles. The number of Topliss-reactive ketones (excluding diaryl/α,β-unsaturated/α-hetero) is 2. The molecule has 2 saturated carbocycles. The Kier molecular flexibility index (Phi) is 13.9. The molecule has 3 aromatic carbocycles. The number of carbonyl (C=O) groups is 6. The van der Waals surface area contributed by atoms with Crippen LogP contribution in [-0.2, 0) is 42.9 Å². The minimum absolute atomic E-state index is 0.0127. The fraction of sp³-hybridized carbons (Fsp3) is 0.480. The number of fused-ring (bicyclic) bond motifs is 5. The number of aliphatic hydroxyl groups is 3. The molecule has 1 aliphatic heterocycles. The highest BCUT2D eigenvalue weighted by Crippen LogP contribution is 2.64. The van der Waals surface area contributed by atoms with Crippen LogP contribution in [0.3, 0.4) is 0 Å². The molecule has 3 fully saturated rings. The van der Waals surface area contributed by atoms with Crippen LogP contribution in [0.5, 0.6) is 0 Å². The van der Waals surface area contributed by atoms with Crippen LogP contribution in [0.25, 0.3) is 0 Å². The van der Waals surface area contributed by atoms with E-state index < -0.39 is 107 Å². The zero-order valence-corrected chi connectivity index (χ0v) is 37.4. The van der Waals surface area contributed by atoms with E-state index in [0.717, 1.165) is 13.8 Å². The third kappa shape index (κ3) is 8.21. The van der Waals surface area contributed by atoms with Crippen molar-refractivity contribution in [1.29, 1.82) is 0 Å². The lowest BCUT2D eigenvalue weighted by molar-refractivity contribution is -0.346. The first-order valence-corrected chi connectivity index (χ1v) is 21.7. The maximum Gasteiger partial charge on any atom is 0.338 e. The highest BCUT2D eigenvalue weighted by molar-refractivity contribution is 5.97. The molecule has 4 aliphatic rings. The third-order valence-electron chi connectivity index (χ3n) is 13.8. The second kappa shape index (κ2) is 18.5. The average molecular weight is 883 g/mol. The SMILES string of the molecule is CC.CC(=O)O[C@H]1C(=O)[C@@]2(C)C([C@H](OC(=O)c3ccccc3)[C@]3(O)C[C@H](OC(=O)[C@H](O)[C@@H](CC(=O)c4ccccc4)c4ccccc4)C(C)=C1C3(C)C)[C@]1(OC(C)=O)CO[C@@H]1C[C@@H]2O. The minimum Gasteiger partial charge on any atom is -0.456 e. The van der Waals surface area contributed by atoms with Crippen LogP contribution in [-0.4, -0.2) is 105 Å². The summed E-state index contributed by atoms with van der Waals surface area (Å²) in [4.78, 5) is 83.6. The highest BCUT2D eigenvalue weighted by Gasteiger charge is 2.78. The summed E-state index contributed by atoms with van der Waals surface area (Å²) < 4.78 is 30.3. The first kappa shape index (κ1) is 47.9. The van der Waals surface area contributed by atoms with Crippen molar-refractivity contribution in [3.05, 3.63) is 119 Å². The molecule has 64 heavy (non-hydrogen) atoms. The number of ketones is 2. The van der Waals surface area contributed by atoms with E-state index >= 15 is 4.79 Å². The Hall–Kier alpha value is -5.54. The van der Waals surface area contributed by atoms with Gasteiger partial charge >= 0.3 is 23.9 Å². The fourth-order valence-corrected chi connectivity index (χ4v) is 10.4. The fourth-order valence-electron chi connectivity index (χ4n) is 10.4. The van der Waals surface area contributed by atoms with Crippen molar-refractivity contribution in [2.24, 2.45) is 16.7 Å². The number of rotatable bonds is 11. The normalized spacial score (nSPS) is 31.0. The second-order valence-corrected chi connectivity index (χ2v) is 17.6. The van der Waals surface area contributed by atoms with Crippen molar-refractivity contribution in [2.45, 2.75) is 128 Å². The summed E-state index contributed by atoms with van der Waals surface area (Å²) in [6.45, 7) is 12.0. The third-order valence-corrected chi connectivity index (χ3v) is 13.8. The van der Waals surface area contributed by atoms with Crippen LogP contribution in [0.4, 0.5) is 0 Å². The average Bonchev–Trinajstić information content (AvgIpc) is 3.27. The zero-order chi connectivity index (χ0) is 46.9. The van der Waals surface area contributed by atoms with Gasteiger partial charge in [0.1, 0.15) is 23.9 Å². The molecule has 2 bridgehead atoms. The van der Waals surface area contributed by atoms with Gasteiger partial charge in [-0.25, -0.2) is 9.59 Å². The van der Waals surface area contributed by atoms with E-state index in [1.54, 1.807) is 92.7 Å². The summed E-state index contributed by atoms with van der Waals surface area (Å²) in [5, 5.41) is 37.6. The van der Waals surface area contributed by atoms with E-state index in [9.17, 15) is 39.3 Å². The number of esters is 4. The van der Waals surface area contributed by atoms with Gasteiger partial charge in [0.2, 0.25) is 0 Å². The highest BCUT2D eigenvalue weighted by atomic mass is 16.6. The van der Waals surface area contributed by atoms with Crippen LogP contribution in [0.2, 0.25) is 0 Å². The van der Waals surface area contributed by atoms with Gasteiger partial charge in [-0.05, 0) is 42.7 Å². The van der Waals surface area contributed by atoms with Crippen LogP contribution in [0.1, 0.15) is 107 Å². The minimum atomic E-state index is -2.38. The monoisotopic (exact) mass is 882 g/mol. The topological polar surface area (TPSA) is 209 Å². The van der Waals surface area contributed by atoms with Gasteiger partial charge in [0.05, 0.1) is 29.6 Å². The quantitative estimate of drug-likeness (QED) is 0.0921. The van der Waals surface area contributed by atoms with Crippen molar-refractivity contribution in [3.63, 3.8) is 0 Å². The largest absolute Gasteiger partial charge is 0.456 e. The van der Waals surface area contributed by atoms with Crippen molar-refractivity contribution in [1.82, 2.24) is 0 Å². The Morgan fingerprint density at radius 3 is 1.91 bits per heavy atom. The standard InChI is InChI=1S/C48H52O14.C2H6/c1-26-34(60-44(56)38(53)32(29-16-10-7-11-17-29)22-33(51)30-18-12-8-13-19-30)24-48(57)42(61-43(55)31-20-14-9-15-21-31)40-46(6,35(52)23-36-47(40,25-58-36)62-28(3)50)41(54)39(59-27(2)49)37(26)45(48,4)5;1-2/h7-21,32,34-36,38-40,42,52-53,57H,22-25H2,1-6H3;1-2H3/t32-,34-,35-,36+,38+,39+,40?,42-,46+,47-,48+;/m0./s1. The number of ether oxygens (including phenoxy) is 5. The molecule has 342 valence electrons. The van der Waals surface area contributed by atoms with Gasteiger partial charge in [0, 0.05) is 50.0 Å². The van der Waals surface area contributed by atoms with Crippen LogP contribution < -0.4 is 0 Å². The first-order valence-electron chi connectivity index (χ1n) is 21.7. The summed E-state index contributed by atoms with van der Waals surface area (Å²) in [6.07, 6.45) is -10.6. The van der Waals surface area contributed by atoms with Gasteiger partial charge in [0.15, 0.2) is 29.4 Å². The molecular formula is C50H58O14. The summed E-state index contributed by atoms with van der Waals surface area (Å²) in [6, 6.07) is 24.8. The zero-order valence-electron chi connectivity index (χ0n) is 37.4. The van der Waals surface area contributed by atoms with Crippen LogP contribution in [0, 0.1) is 16.7 Å². The number of aliphatic hydroxyl groups excluding tert-OH is 2. The van der Waals surface area contributed by atoms with Crippen LogP contribution >= 0.6 is 0 Å². The smallest absolute Gasteiger partial charge is 0.338 e. The van der Waals surface area contributed by atoms with E-state index in [2.05, 4.69) is 0 Å². The van der Waals surface area contributed by atoms with E-state index in [1.165, 1.54) is 26.0 Å². The summed E-state index contributed by atoms with van der Waals surface area (Å²) in [5.41, 5.74) is -6.71. The number of carbonyl (C=O) groups excluding carboxylic acids is 6. The molecule has 0 amide bonds. The Labute approximate surface area is 372 Å². The molecule has 3 N–H and O–H groups in total. The maximum atomic E-state index is 15.5. The van der Waals surface area contributed by atoms with Crippen molar-refractivity contribution in [3.8, 4) is 0 Å². The number of hydrogen-bond donors (Lipinski definition) is 3. The summed E-state index contributed by atoms with van der Waals surface area (Å²) in [5.74, 6) is -7.57. The van der Waals surface area contributed by atoms with Gasteiger partial charge in [0.25, 0.3) is 0 Å². The molecule has 0 spiro atoms. The first-order chi connectivity index (χ1) is 30.3. The van der Waals surface area contributed by atoms with Crippen molar-refractivity contribution < 1.29 is 67.8 Å². The molecule has 7 rings (SSSR count). The van der Waals surface area contributed by atoms with Crippen LogP contribution in [0.15, 0.2) is 102 Å². The van der Waals surface area contributed by atoms with Gasteiger partial charge < -0.3 is 39.0 Å². The van der Waals surface area contributed by atoms with E-state index in [4.69, 9.17) is 23.7 Å². The number of benzene rings is 3. The molecule has 1 unspecified atom stereocenters. The van der Waals surface area contributed by atoms with Gasteiger partial charge in [-0.1, -0.05) is 107 Å². The van der Waals surface area contributed by atoms with Crippen molar-refractivity contribution in [2.75, 3.05) is 6.61 Å². The Morgan fingerprint density at radius 1 is 0.812 bits per heavy atom. The molecule has 14 nitrogen and oxygen atoms in total. The second-order valence-electron chi connectivity index (χ2n) is 17.6. The van der Waals surface area contributed by atoms with E-state index in [0.29, 0.717) is 11.1 Å². The predicted molar refractivity (Wildman–Crippen MR) is 231 cm³/mol. The van der Waals surface area contributed by atoms with Gasteiger partial charge in [-0.2, -0.15) is 0 Å². The van der Waals surface area contributed by atoms with E-state index in [-0.39, 0.29) is 41.9 Å². The maximum absolute atomic E-state index is 15.5. The molecule has 14 heteroatoms. The lowest BCUT2D eigenvalue weighted by Gasteiger charge is -2.67. The Bertz CT molecular complexity index is 2270. The molecular weight excluding hydrogens is 825 g/mol. The van der Waals surface area contributed by atoms with Gasteiger partial charge in [-0.15, -0.1) is 0 Å². The predicted octanol–water partition coefficient (Wildman–Crippen LogP) is 5.65. The molecule has 1 heterocycles. The molecule has 11 atom stereocenters. The molecule has 0 radical (unpaired) electrons. The molecule has 3 aliphatic carbocycles. The van der Waals surface area contributed by atoms with Crippen molar-refractivity contribution >= 4 is 35.4 Å². The molecule has 3 aromatic rings. The Balaban J connectivity index is 0.00000335. The Morgan fingerprint density at radius 2 is 1.38 bits per heavy atom. The van der Waals surface area contributed by atoms with Gasteiger partial charge in [-0.3, -0.25) is 19.2 Å². The molecule has 0 aromatic heterocycles. The lowest BCUT2D eigenvalue weighted by Crippen LogP contribution is -2.82. The van der Waals surface area contributed by atoms with E-state index in [1.807, 2.05) is 13.8 Å².